The van der Waals surface area contributed by atoms with Gasteiger partial charge in [0, 0.05) is 31.7 Å². The molecular weight excluding hydrogens is 286 g/mol. The standard InChI is InChI=1S/C19H29N3O/c1-14(21(2)13-15-7-5-4-6-8-15)19(23)22(3)18-11-16-9-10-17(12-18)20-16/h4-8,14,16-18,20H,9-13H2,1-3H3. The topological polar surface area (TPSA) is 35.6 Å². The minimum Gasteiger partial charge on any atom is -0.341 e. The first-order chi connectivity index (χ1) is 11.0. The quantitative estimate of drug-likeness (QED) is 0.905. The van der Waals surface area contributed by atoms with Gasteiger partial charge in [-0.1, -0.05) is 30.3 Å². The van der Waals surface area contributed by atoms with E-state index in [0.29, 0.717) is 18.1 Å². The summed E-state index contributed by atoms with van der Waals surface area (Å²) in [6.07, 6.45) is 4.75. The second-order valence-corrected chi connectivity index (χ2v) is 7.29. The zero-order valence-electron chi connectivity index (χ0n) is 14.5. The van der Waals surface area contributed by atoms with Gasteiger partial charge < -0.3 is 10.2 Å². The lowest BCUT2D eigenvalue weighted by Gasteiger charge is -2.38. The Morgan fingerprint density at radius 1 is 1.17 bits per heavy atom. The summed E-state index contributed by atoms with van der Waals surface area (Å²) in [5.41, 5.74) is 1.25. The molecule has 0 radical (unpaired) electrons. The largest absolute Gasteiger partial charge is 0.341 e. The third-order valence-electron chi connectivity index (χ3n) is 5.64. The molecule has 2 aliphatic heterocycles. The number of rotatable bonds is 5. The number of likely N-dealkylation sites (N-methyl/N-ethyl adjacent to an activating group) is 2. The van der Waals surface area contributed by atoms with Gasteiger partial charge in [-0.2, -0.15) is 0 Å². The average Bonchev–Trinajstić information content (AvgIpc) is 2.91. The van der Waals surface area contributed by atoms with Crippen molar-refractivity contribution in [3.8, 4) is 0 Å². The monoisotopic (exact) mass is 315 g/mol. The number of hydrogen-bond donors (Lipinski definition) is 1. The van der Waals surface area contributed by atoms with E-state index in [2.05, 4.69) is 22.3 Å². The SMILES string of the molecule is CC(C(=O)N(C)C1CC2CCC(C1)N2)N(C)Cc1ccccc1. The van der Waals surface area contributed by atoms with Gasteiger partial charge in [0.1, 0.15) is 0 Å². The maximum Gasteiger partial charge on any atom is 0.239 e. The van der Waals surface area contributed by atoms with Crippen molar-refractivity contribution in [3.63, 3.8) is 0 Å². The molecule has 1 amide bonds. The van der Waals surface area contributed by atoms with Crippen LogP contribution in [0.5, 0.6) is 0 Å². The molecule has 126 valence electrons. The third-order valence-corrected chi connectivity index (χ3v) is 5.64. The van der Waals surface area contributed by atoms with Crippen molar-refractivity contribution >= 4 is 5.91 Å². The lowest BCUT2D eigenvalue weighted by Crippen LogP contribution is -2.52. The van der Waals surface area contributed by atoms with Crippen LogP contribution in [0.15, 0.2) is 30.3 Å². The van der Waals surface area contributed by atoms with Crippen molar-refractivity contribution < 1.29 is 4.79 Å². The van der Waals surface area contributed by atoms with Crippen LogP contribution < -0.4 is 5.32 Å². The van der Waals surface area contributed by atoms with E-state index in [1.54, 1.807) is 0 Å². The van der Waals surface area contributed by atoms with Crippen LogP contribution in [0.25, 0.3) is 0 Å². The second kappa shape index (κ2) is 7.02. The summed E-state index contributed by atoms with van der Waals surface area (Å²) in [7, 11) is 4.03. The lowest BCUT2D eigenvalue weighted by molar-refractivity contribution is -0.137. The highest BCUT2D eigenvalue weighted by Crippen LogP contribution is 2.29. The first-order valence-electron chi connectivity index (χ1n) is 8.81. The molecule has 4 heteroatoms. The molecule has 2 fully saturated rings. The third kappa shape index (κ3) is 3.75. The van der Waals surface area contributed by atoms with E-state index in [-0.39, 0.29) is 11.9 Å². The molecule has 23 heavy (non-hydrogen) atoms. The maximum atomic E-state index is 12.9. The van der Waals surface area contributed by atoms with Crippen LogP contribution in [-0.2, 0) is 11.3 Å². The fourth-order valence-electron chi connectivity index (χ4n) is 4.01. The molecule has 1 N–H and O–H groups in total. The van der Waals surface area contributed by atoms with Gasteiger partial charge in [-0.15, -0.1) is 0 Å². The molecule has 0 spiro atoms. The summed E-state index contributed by atoms with van der Waals surface area (Å²) in [6, 6.07) is 11.9. The van der Waals surface area contributed by atoms with Gasteiger partial charge in [0.2, 0.25) is 5.91 Å². The number of nitrogens with one attached hydrogen (secondary N) is 1. The molecular formula is C19H29N3O. The minimum atomic E-state index is -0.0901. The van der Waals surface area contributed by atoms with Crippen LogP contribution in [0.3, 0.4) is 0 Å². The smallest absolute Gasteiger partial charge is 0.239 e. The summed E-state index contributed by atoms with van der Waals surface area (Å²) >= 11 is 0. The maximum absolute atomic E-state index is 12.9. The number of nitrogens with zero attached hydrogens (tertiary/aromatic N) is 2. The molecule has 2 heterocycles. The summed E-state index contributed by atoms with van der Waals surface area (Å²) in [6.45, 7) is 2.83. The predicted molar refractivity (Wildman–Crippen MR) is 93.1 cm³/mol. The van der Waals surface area contributed by atoms with E-state index in [9.17, 15) is 4.79 Å². The van der Waals surface area contributed by atoms with Crippen LogP contribution in [0.4, 0.5) is 0 Å². The minimum absolute atomic E-state index is 0.0901. The Hall–Kier alpha value is -1.39. The molecule has 0 aromatic heterocycles. The molecule has 3 unspecified atom stereocenters. The highest BCUT2D eigenvalue weighted by atomic mass is 16.2. The van der Waals surface area contributed by atoms with Crippen molar-refractivity contribution in [2.75, 3.05) is 14.1 Å². The Kier molecular flexibility index (Phi) is 5.02. The van der Waals surface area contributed by atoms with Gasteiger partial charge in [-0.3, -0.25) is 9.69 Å². The Morgan fingerprint density at radius 3 is 2.39 bits per heavy atom. The zero-order chi connectivity index (χ0) is 16.4. The van der Waals surface area contributed by atoms with Crippen molar-refractivity contribution in [2.24, 2.45) is 0 Å². The summed E-state index contributed by atoms with van der Waals surface area (Å²) in [5.74, 6) is 0.245. The van der Waals surface area contributed by atoms with Crippen molar-refractivity contribution in [2.45, 2.75) is 63.3 Å². The van der Waals surface area contributed by atoms with E-state index < -0.39 is 0 Å². The Morgan fingerprint density at radius 2 is 1.78 bits per heavy atom. The van der Waals surface area contributed by atoms with Crippen LogP contribution in [0, 0.1) is 0 Å². The predicted octanol–water partition coefficient (Wildman–Crippen LogP) is 2.25. The van der Waals surface area contributed by atoms with Crippen molar-refractivity contribution in [1.29, 1.82) is 0 Å². The molecule has 3 rings (SSSR count). The summed E-state index contributed by atoms with van der Waals surface area (Å²) in [4.78, 5) is 17.0. The van der Waals surface area contributed by atoms with Crippen molar-refractivity contribution in [1.82, 2.24) is 15.1 Å². The molecule has 2 aliphatic rings. The highest BCUT2D eigenvalue weighted by molar-refractivity contribution is 5.81. The van der Waals surface area contributed by atoms with Gasteiger partial charge in [0.25, 0.3) is 0 Å². The van der Waals surface area contributed by atoms with Gasteiger partial charge >= 0.3 is 0 Å². The number of carbonyl (C=O) groups is 1. The van der Waals surface area contributed by atoms with Crippen LogP contribution in [-0.4, -0.2) is 54.0 Å². The number of piperidine rings is 1. The molecule has 1 aromatic rings. The molecule has 3 atom stereocenters. The summed E-state index contributed by atoms with van der Waals surface area (Å²) in [5, 5.41) is 3.65. The van der Waals surface area contributed by atoms with E-state index in [1.165, 1.54) is 18.4 Å². The number of fused-ring (bicyclic) bond motifs is 2. The fourth-order valence-corrected chi connectivity index (χ4v) is 4.01. The van der Waals surface area contributed by atoms with Crippen LogP contribution >= 0.6 is 0 Å². The van der Waals surface area contributed by atoms with E-state index >= 15 is 0 Å². The lowest BCUT2D eigenvalue weighted by atomic mass is 9.98. The van der Waals surface area contributed by atoms with E-state index in [1.807, 2.05) is 44.1 Å². The average molecular weight is 315 g/mol. The molecule has 0 saturated carbocycles. The molecule has 4 nitrogen and oxygen atoms in total. The normalized spacial score (nSPS) is 27.9. The first-order valence-corrected chi connectivity index (χ1v) is 8.81. The number of benzene rings is 1. The second-order valence-electron chi connectivity index (χ2n) is 7.29. The molecule has 2 bridgehead atoms. The van der Waals surface area contributed by atoms with Gasteiger partial charge in [-0.05, 0) is 45.2 Å². The highest BCUT2D eigenvalue weighted by Gasteiger charge is 2.37. The zero-order valence-corrected chi connectivity index (χ0v) is 14.5. The van der Waals surface area contributed by atoms with Gasteiger partial charge in [0.15, 0.2) is 0 Å². The molecule has 0 aliphatic carbocycles. The number of amides is 1. The summed E-state index contributed by atoms with van der Waals surface area (Å²) < 4.78 is 0. The van der Waals surface area contributed by atoms with E-state index in [4.69, 9.17) is 0 Å². The molecule has 2 saturated heterocycles. The number of hydrogen-bond acceptors (Lipinski definition) is 3. The fraction of sp³-hybridized carbons (Fsp3) is 0.632. The van der Waals surface area contributed by atoms with E-state index in [0.717, 1.165) is 19.4 Å². The van der Waals surface area contributed by atoms with Crippen molar-refractivity contribution in [3.05, 3.63) is 35.9 Å². The van der Waals surface area contributed by atoms with Crippen LogP contribution in [0.1, 0.15) is 38.2 Å². The first kappa shape index (κ1) is 16.5. The van der Waals surface area contributed by atoms with Gasteiger partial charge in [0.05, 0.1) is 6.04 Å². The van der Waals surface area contributed by atoms with Crippen LogP contribution in [0.2, 0.25) is 0 Å². The number of carbonyl (C=O) groups excluding carboxylic acids is 1. The van der Waals surface area contributed by atoms with Gasteiger partial charge in [-0.25, -0.2) is 0 Å². The Bertz CT molecular complexity index is 521. The Balaban J connectivity index is 1.57. The Labute approximate surface area is 139 Å². The molecule has 1 aromatic carbocycles.